The van der Waals surface area contributed by atoms with Crippen LogP contribution in [0, 0.1) is 6.92 Å². The van der Waals surface area contributed by atoms with Crippen molar-refractivity contribution >= 4 is 28.2 Å². The molecule has 3 aromatic rings. The zero-order valence-corrected chi connectivity index (χ0v) is 15.9. The van der Waals surface area contributed by atoms with E-state index in [9.17, 15) is 4.79 Å². The first kappa shape index (κ1) is 18.2. The minimum absolute atomic E-state index is 0.189. The molecule has 1 N–H and O–H groups in total. The summed E-state index contributed by atoms with van der Waals surface area (Å²) in [5, 5.41) is 13.5. The summed E-state index contributed by atoms with van der Waals surface area (Å²) in [4.78, 5) is 14.8. The number of amides is 1. The third-order valence-corrected chi connectivity index (χ3v) is 4.85. The number of carbonyl (C=O) groups excluding carboxylic acids is 1. The van der Waals surface area contributed by atoms with Gasteiger partial charge in [-0.25, -0.2) is 0 Å². The van der Waals surface area contributed by atoms with Crippen molar-refractivity contribution in [3.05, 3.63) is 53.7 Å². The first-order valence-corrected chi connectivity index (χ1v) is 9.22. The molecule has 0 spiro atoms. The van der Waals surface area contributed by atoms with Crippen LogP contribution >= 0.6 is 0 Å². The second-order valence-corrected chi connectivity index (χ2v) is 6.60. The number of nitrogens with zero attached hydrogens (tertiary/aromatic N) is 3. The largest absolute Gasteiger partial charge is 0.494 e. The SMILES string of the molecule is COc1c(NC(=O)c2ccccc2)ccc2c(N3CCOCC3)nnc(C)c12. The maximum Gasteiger partial charge on any atom is 0.255 e. The van der Waals surface area contributed by atoms with Gasteiger partial charge in [0.1, 0.15) is 0 Å². The minimum atomic E-state index is -0.189. The monoisotopic (exact) mass is 378 g/mol. The van der Waals surface area contributed by atoms with Crippen LogP contribution in [-0.4, -0.2) is 49.5 Å². The van der Waals surface area contributed by atoms with Crippen molar-refractivity contribution in [2.75, 3.05) is 43.6 Å². The number of carbonyl (C=O) groups is 1. The van der Waals surface area contributed by atoms with E-state index < -0.39 is 0 Å². The van der Waals surface area contributed by atoms with Gasteiger partial charge in [0.05, 0.1) is 37.1 Å². The Hall–Kier alpha value is -3.19. The summed E-state index contributed by atoms with van der Waals surface area (Å²) in [6.07, 6.45) is 0. The lowest BCUT2D eigenvalue weighted by molar-refractivity contribution is 0.102. The second kappa shape index (κ2) is 7.82. The lowest BCUT2D eigenvalue weighted by atomic mass is 10.1. The van der Waals surface area contributed by atoms with Gasteiger partial charge in [-0.15, -0.1) is 5.10 Å². The molecule has 0 aliphatic carbocycles. The summed E-state index contributed by atoms with van der Waals surface area (Å²) < 4.78 is 11.1. The molecule has 0 atom stereocenters. The van der Waals surface area contributed by atoms with Gasteiger partial charge in [0.15, 0.2) is 11.6 Å². The fraction of sp³-hybridized carbons (Fsp3) is 0.286. The molecule has 7 nitrogen and oxygen atoms in total. The zero-order chi connectivity index (χ0) is 19.5. The highest BCUT2D eigenvalue weighted by molar-refractivity contribution is 6.08. The first-order valence-electron chi connectivity index (χ1n) is 9.22. The van der Waals surface area contributed by atoms with Gasteiger partial charge in [0.25, 0.3) is 5.91 Å². The average molecular weight is 378 g/mol. The highest BCUT2D eigenvalue weighted by atomic mass is 16.5. The summed E-state index contributed by atoms with van der Waals surface area (Å²) in [5.41, 5.74) is 1.94. The molecule has 0 bridgehead atoms. The number of benzene rings is 2. The van der Waals surface area contributed by atoms with Gasteiger partial charge in [-0.2, -0.15) is 5.10 Å². The molecule has 1 saturated heterocycles. The van der Waals surface area contributed by atoms with Crippen LogP contribution in [0.3, 0.4) is 0 Å². The van der Waals surface area contributed by atoms with E-state index in [1.165, 1.54) is 0 Å². The van der Waals surface area contributed by atoms with E-state index in [1.807, 2.05) is 37.3 Å². The number of hydrogen-bond acceptors (Lipinski definition) is 6. The lowest BCUT2D eigenvalue weighted by Gasteiger charge is -2.28. The van der Waals surface area contributed by atoms with E-state index in [0.717, 1.165) is 35.4 Å². The average Bonchev–Trinajstić information content (AvgIpc) is 2.75. The minimum Gasteiger partial charge on any atom is -0.494 e. The van der Waals surface area contributed by atoms with Crippen LogP contribution in [0.1, 0.15) is 16.1 Å². The van der Waals surface area contributed by atoms with Gasteiger partial charge in [0.2, 0.25) is 0 Å². The van der Waals surface area contributed by atoms with Crippen molar-refractivity contribution in [1.29, 1.82) is 0 Å². The van der Waals surface area contributed by atoms with Crippen molar-refractivity contribution in [3.8, 4) is 5.75 Å². The number of methoxy groups -OCH3 is 1. The number of aromatic nitrogens is 2. The zero-order valence-electron chi connectivity index (χ0n) is 15.9. The topological polar surface area (TPSA) is 76.6 Å². The van der Waals surface area contributed by atoms with Crippen molar-refractivity contribution < 1.29 is 14.3 Å². The fourth-order valence-electron chi connectivity index (χ4n) is 3.46. The van der Waals surface area contributed by atoms with E-state index in [-0.39, 0.29) is 5.91 Å². The molecule has 0 unspecified atom stereocenters. The quantitative estimate of drug-likeness (QED) is 0.752. The number of fused-ring (bicyclic) bond motifs is 1. The standard InChI is InChI=1S/C21H22N4O3/c1-14-18-16(20(24-23-14)25-10-12-28-13-11-25)8-9-17(19(18)27-2)22-21(26)15-6-4-3-5-7-15/h3-9H,10-13H2,1-2H3,(H,22,26). The van der Waals surface area contributed by atoms with Crippen molar-refractivity contribution in [3.63, 3.8) is 0 Å². The summed E-state index contributed by atoms with van der Waals surface area (Å²) in [7, 11) is 1.60. The molecule has 4 rings (SSSR count). The molecule has 2 heterocycles. The van der Waals surface area contributed by atoms with Gasteiger partial charge in [-0.1, -0.05) is 18.2 Å². The van der Waals surface area contributed by atoms with Crippen LogP contribution in [0.4, 0.5) is 11.5 Å². The maximum atomic E-state index is 12.6. The van der Waals surface area contributed by atoms with E-state index >= 15 is 0 Å². The molecule has 0 radical (unpaired) electrons. The Balaban J connectivity index is 1.77. The van der Waals surface area contributed by atoms with E-state index in [0.29, 0.717) is 30.2 Å². The van der Waals surface area contributed by atoms with Gasteiger partial charge in [-0.05, 0) is 31.2 Å². The molecule has 7 heteroatoms. The van der Waals surface area contributed by atoms with Gasteiger partial charge >= 0.3 is 0 Å². The summed E-state index contributed by atoms with van der Waals surface area (Å²) in [6.45, 7) is 4.76. The van der Waals surface area contributed by atoms with Crippen molar-refractivity contribution in [2.45, 2.75) is 6.92 Å². The van der Waals surface area contributed by atoms with Crippen molar-refractivity contribution in [1.82, 2.24) is 10.2 Å². The molecule has 0 saturated carbocycles. The third kappa shape index (κ3) is 3.36. The van der Waals surface area contributed by atoms with E-state index in [2.05, 4.69) is 20.4 Å². The van der Waals surface area contributed by atoms with Gasteiger partial charge < -0.3 is 19.7 Å². The highest BCUT2D eigenvalue weighted by Gasteiger charge is 2.21. The molecule has 1 aliphatic rings. The molecule has 1 aliphatic heterocycles. The molecule has 1 aromatic heterocycles. The molecule has 1 amide bonds. The Kier molecular flexibility index (Phi) is 5.08. The van der Waals surface area contributed by atoms with Crippen LogP contribution in [-0.2, 0) is 4.74 Å². The van der Waals surface area contributed by atoms with Crippen LogP contribution in [0.5, 0.6) is 5.75 Å². The Morgan fingerprint density at radius 1 is 1.11 bits per heavy atom. The molecule has 2 aromatic carbocycles. The third-order valence-electron chi connectivity index (χ3n) is 4.85. The number of morpholine rings is 1. The molecular weight excluding hydrogens is 356 g/mol. The Morgan fingerprint density at radius 3 is 2.57 bits per heavy atom. The molecule has 1 fully saturated rings. The molecular formula is C21H22N4O3. The fourth-order valence-corrected chi connectivity index (χ4v) is 3.46. The molecule has 144 valence electrons. The molecule has 28 heavy (non-hydrogen) atoms. The number of anilines is 2. The number of nitrogens with one attached hydrogen (secondary N) is 1. The van der Waals surface area contributed by atoms with Gasteiger partial charge in [-0.3, -0.25) is 4.79 Å². The van der Waals surface area contributed by atoms with Gasteiger partial charge in [0, 0.05) is 24.0 Å². The number of rotatable bonds is 4. The summed E-state index contributed by atoms with van der Waals surface area (Å²) >= 11 is 0. The number of hydrogen-bond donors (Lipinski definition) is 1. The van der Waals surface area contributed by atoms with Crippen LogP contribution in [0.25, 0.3) is 10.8 Å². The summed E-state index contributed by atoms with van der Waals surface area (Å²) in [5.74, 6) is 1.21. The van der Waals surface area contributed by atoms with Crippen LogP contribution in [0.2, 0.25) is 0 Å². The van der Waals surface area contributed by atoms with E-state index in [4.69, 9.17) is 9.47 Å². The maximum absolute atomic E-state index is 12.6. The lowest BCUT2D eigenvalue weighted by Crippen LogP contribution is -2.37. The van der Waals surface area contributed by atoms with E-state index in [1.54, 1.807) is 19.2 Å². The van der Waals surface area contributed by atoms with Crippen LogP contribution in [0.15, 0.2) is 42.5 Å². The predicted octanol–water partition coefficient (Wildman–Crippen LogP) is 3.04. The summed E-state index contributed by atoms with van der Waals surface area (Å²) in [6, 6.07) is 12.9. The predicted molar refractivity (Wildman–Crippen MR) is 108 cm³/mol. The second-order valence-electron chi connectivity index (χ2n) is 6.60. The highest BCUT2D eigenvalue weighted by Crippen LogP contribution is 2.38. The number of ether oxygens (including phenoxy) is 2. The smallest absolute Gasteiger partial charge is 0.255 e. The Labute approximate surface area is 163 Å². The van der Waals surface area contributed by atoms with Crippen molar-refractivity contribution in [2.24, 2.45) is 0 Å². The first-order chi connectivity index (χ1) is 13.7. The van der Waals surface area contributed by atoms with Crippen LogP contribution < -0.4 is 15.0 Å². The Bertz CT molecular complexity index is 1000. The normalized spacial score (nSPS) is 14.1. The Morgan fingerprint density at radius 2 is 1.86 bits per heavy atom. The number of aryl methyl sites for hydroxylation is 1.